The van der Waals surface area contributed by atoms with E-state index in [4.69, 9.17) is 5.73 Å². The molecule has 0 bridgehead atoms. The molecule has 0 spiro atoms. The minimum atomic E-state index is 0. The third-order valence-corrected chi connectivity index (χ3v) is 0. The summed E-state index contributed by atoms with van der Waals surface area (Å²) in [6, 6.07) is 0.333. The summed E-state index contributed by atoms with van der Waals surface area (Å²) >= 11 is 0. The fourth-order valence-corrected chi connectivity index (χ4v) is 0. The van der Waals surface area contributed by atoms with Crippen LogP contribution in [0.25, 0.3) is 0 Å². The van der Waals surface area contributed by atoms with Crippen molar-refractivity contribution in [2.45, 2.75) is 19.9 Å². The molecule has 0 unspecified atom stereocenters. The Morgan fingerprint density at radius 3 is 1.40 bits per heavy atom. The third kappa shape index (κ3) is 95.9. The molecule has 0 rings (SSSR count). The molecule has 1 nitrogen and oxygen atoms in total. The third-order valence-electron chi connectivity index (χ3n) is 0. The Kier molecular flexibility index (Phi) is 8.31. The molecule has 0 fully saturated rings. The Morgan fingerprint density at radius 1 is 1.40 bits per heavy atom. The molecule has 5 heavy (non-hydrogen) atoms. The minimum Gasteiger partial charge on any atom is -0.328 e. The van der Waals surface area contributed by atoms with Crippen LogP contribution in [0, 0.1) is 0 Å². The fourth-order valence-electron chi connectivity index (χ4n) is 0. The number of rotatable bonds is 0. The van der Waals surface area contributed by atoms with Crippen molar-refractivity contribution in [3.05, 3.63) is 0 Å². The van der Waals surface area contributed by atoms with Gasteiger partial charge >= 0.3 is 18.9 Å². The molecule has 0 aromatic carbocycles. The summed E-state index contributed by atoms with van der Waals surface area (Å²) in [7, 11) is 0. The fraction of sp³-hybridized carbons (Fsp3) is 1.00. The Morgan fingerprint density at radius 2 is 1.40 bits per heavy atom. The number of hydrogen-bond acceptors (Lipinski definition) is 1. The van der Waals surface area contributed by atoms with Crippen LogP contribution in [0.5, 0.6) is 0 Å². The van der Waals surface area contributed by atoms with Crippen molar-refractivity contribution in [1.29, 1.82) is 0 Å². The molecule has 2 N–H and O–H groups in total. The van der Waals surface area contributed by atoms with Gasteiger partial charge < -0.3 is 5.73 Å². The molecular weight excluding hydrogens is 57.0 g/mol. The maximum atomic E-state index is 5.11. The van der Waals surface area contributed by atoms with Crippen molar-refractivity contribution in [2.75, 3.05) is 0 Å². The topological polar surface area (TPSA) is 26.0 Å². The van der Waals surface area contributed by atoms with Gasteiger partial charge in [0.15, 0.2) is 0 Å². The van der Waals surface area contributed by atoms with E-state index in [1.807, 2.05) is 13.8 Å². The van der Waals surface area contributed by atoms with Crippen LogP contribution in [-0.4, -0.2) is 6.04 Å². The zero-order chi connectivity index (χ0) is 3.58. The van der Waals surface area contributed by atoms with E-state index in [9.17, 15) is 0 Å². The second kappa shape index (κ2) is 4.56. The zero-order valence-corrected chi connectivity index (χ0v) is 4.15. The van der Waals surface area contributed by atoms with Crippen LogP contribution in [0.3, 0.4) is 0 Å². The van der Waals surface area contributed by atoms with Crippen LogP contribution in [0.4, 0.5) is 0 Å². The Labute approximate surface area is 45.1 Å². The van der Waals surface area contributed by atoms with E-state index in [0.717, 1.165) is 0 Å². The summed E-state index contributed by atoms with van der Waals surface area (Å²) in [4.78, 5) is 0. The number of hydrogen-bond donors (Lipinski definition) is 1. The van der Waals surface area contributed by atoms with E-state index in [2.05, 4.69) is 0 Å². The second-order valence-electron chi connectivity index (χ2n) is 1.24. The predicted molar refractivity (Wildman–Crippen MR) is 19.3 cm³/mol. The van der Waals surface area contributed by atoms with E-state index < -0.39 is 0 Å². The predicted octanol–water partition coefficient (Wildman–Crippen LogP) is -2.64. The van der Waals surface area contributed by atoms with Gasteiger partial charge in [0.05, 0.1) is 0 Å². The molecule has 0 aliphatic rings. The van der Waals surface area contributed by atoms with E-state index in [1.54, 1.807) is 0 Å². The summed E-state index contributed by atoms with van der Waals surface area (Å²) in [5.74, 6) is 0. The summed E-state index contributed by atoms with van der Waals surface area (Å²) in [6.07, 6.45) is 0. The Balaban J connectivity index is 0. The molecule has 0 heterocycles. The average molecular weight is 66.1 g/mol. The molecule has 0 aliphatic carbocycles. The molecule has 0 aromatic rings. The van der Waals surface area contributed by atoms with E-state index >= 15 is 0 Å². The summed E-state index contributed by atoms with van der Waals surface area (Å²) in [5, 5.41) is 0. The smallest absolute Gasteiger partial charge is 0.328 e. The van der Waals surface area contributed by atoms with Crippen molar-refractivity contribution in [3.63, 3.8) is 0 Å². The molecule has 0 aliphatic heterocycles. The van der Waals surface area contributed by atoms with Gasteiger partial charge in [-0.05, 0) is 6.04 Å². The SMILES string of the molecule is CC(C)N.[Li+]. The van der Waals surface area contributed by atoms with Crippen LogP contribution in [-0.2, 0) is 0 Å². The van der Waals surface area contributed by atoms with Crippen molar-refractivity contribution < 1.29 is 18.9 Å². The molecule has 0 amide bonds. The van der Waals surface area contributed by atoms with Crippen molar-refractivity contribution in [2.24, 2.45) is 5.73 Å². The minimum absolute atomic E-state index is 0. The van der Waals surface area contributed by atoms with Crippen molar-refractivity contribution >= 4 is 0 Å². The average Bonchev–Trinajstić information content (AvgIpc) is 0.811. The van der Waals surface area contributed by atoms with Gasteiger partial charge in [-0.3, -0.25) is 0 Å². The molecule has 0 aromatic heterocycles. The maximum absolute atomic E-state index is 5.11. The van der Waals surface area contributed by atoms with Gasteiger partial charge in [0.25, 0.3) is 0 Å². The van der Waals surface area contributed by atoms with Gasteiger partial charge in [-0.2, -0.15) is 0 Å². The second-order valence-corrected chi connectivity index (χ2v) is 1.24. The first kappa shape index (κ1) is 9.12. The quantitative estimate of drug-likeness (QED) is 0.307. The van der Waals surface area contributed by atoms with Gasteiger partial charge in [-0.25, -0.2) is 0 Å². The van der Waals surface area contributed by atoms with Crippen LogP contribution in [0.15, 0.2) is 0 Å². The molecule has 2 heteroatoms. The summed E-state index contributed by atoms with van der Waals surface area (Å²) in [5.41, 5.74) is 5.11. The largest absolute Gasteiger partial charge is 1.00 e. The van der Waals surface area contributed by atoms with E-state index in [1.165, 1.54) is 0 Å². The Bertz CT molecular complexity index is 11.6. The monoisotopic (exact) mass is 66.1 g/mol. The maximum Gasteiger partial charge on any atom is 1.00 e. The molecule has 26 valence electrons. The van der Waals surface area contributed by atoms with Crippen LogP contribution >= 0.6 is 0 Å². The van der Waals surface area contributed by atoms with Gasteiger partial charge in [0.2, 0.25) is 0 Å². The molecule has 0 saturated heterocycles. The van der Waals surface area contributed by atoms with Crippen LogP contribution in [0.1, 0.15) is 13.8 Å². The van der Waals surface area contributed by atoms with Gasteiger partial charge in [0, 0.05) is 0 Å². The zero-order valence-electron chi connectivity index (χ0n) is 4.15. The van der Waals surface area contributed by atoms with Crippen LogP contribution < -0.4 is 24.6 Å². The number of nitrogens with two attached hydrogens (primary N) is 1. The molecule has 0 atom stereocenters. The first-order valence-corrected chi connectivity index (χ1v) is 1.49. The van der Waals surface area contributed by atoms with E-state index in [-0.39, 0.29) is 18.9 Å². The van der Waals surface area contributed by atoms with E-state index in [0.29, 0.717) is 6.04 Å². The normalized spacial score (nSPS) is 7.20. The van der Waals surface area contributed by atoms with Gasteiger partial charge in [-0.15, -0.1) is 0 Å². The standard InChI is InChI=1S/C3H9N.Li/c1-3(2)4;/h3H,4H2,1-2H3;/q;+1. The Hall–Kier alpha value is 0.557. The summed E-state index contributed by atoms with van der Waals surface area (Å²) in [6.45, 7) is 3.89. The molecule has 0 radical (unpaired) electrons. The first-order valence-electron chi connectivity index (χ1n) is 1.49. The summed E-state index contributed by atoms with van der Waals surface area (Å²) < 4.78 is 0. The molecule has 0 saturated carbocycles. The van der Waals surface area contributed by atoms with Crippen molar-refractivity contribution in [1.82, 2.24) is 0 Å². The van der Waals surface area contributed by atoms with Crippen LogP contribution in [0.2, 0.25) is 0 Å². The van der Waals surface area contributed by atoms with Crippen molar-refractivity contribution in [3.8, 4) is 0 Å². The van der Waals surface area contributed by atoms with Gasteiger partial charge in [0.1, 0.15) is 0 Å². The molecular formula is C3H9LiN+. The van der Waals surface area contributed by atoms with Gasteiger partial charge in [-0.1, -0.05) is 13.8 Å². The first-order chi connectivity index (χ1) is 1.73.